The average molecular weight is 434 g/mol. The van der Waals surface area contributed by atoms with E-state index in [0.29, 0.717) is 18.5 Å². The van der Waals surface area contributed by atoms with Crippen LogP contribution in [0.4, 0.5) is 28.0 Å². The van der Waals surface area contributed by atoms with Crippen LogP contribution < -0.4 is 5.32 Å². The molecule has 1 aromatic heterocycles. The summed E-state index contributed by atoms with van der Waals surface area (Å²) in [5.74, 6) is 0.0919. The van der Waals surface area contributed by atoms with Gasteiger partial charge in [0.15, 0.2) is 0 Å². The van der Waals surface area contributed by atoms with E-state index in [1.54, 1.807) is 0 Å². The molecule has 6 nitrogen and oxygen atoms in total. The maximum atomic E-state index is 13.1. The van der Waals surface area contributed by atoms with Crippen LogP contribution in [0.25, 0.3) is 11.4 Å². The van der Waals surface area contributed by atoms with Gasteiger partial charge in [-0.05, 0) is 61.7 Å². The molecule has 31 heavy (non-hydrogen) atoms. The summed E-state index contributed by atoms with van der Waals surface area (Å²) < 4.78 is 57.3. The highest BCUT2D eigenvalue weighted by atomic mass is 19.4. The summed E-state index contributed by atoms with van der Waals surface area (Å²) in [6.45, 7) is 0.393. The minimum atomic E-state index is -4.51. The van der Waals surface area contributed by atoms with Gasteiger partial charge in [-0.15, -0.1) is 0 Å². The van der Waals surface area contributed by atoms with Gasteiger partial charge in [-0.1, -0.05) is 11.2 Å². The standard InChI is InChI=1S/C21H18F4N4O2/c22-15-9-7-13(8-10-15)18-27-19(31-28-18)17-6-1-2-11-29(17)20(30)26-16-5-3-4-14(12-16)21(23,24)25/h3-5,7-10,12,17H,1-2,6,11H2,(H,26,30). The van der Waals surface area contributed by atoms with Crippen molar-refractivity contribution in [3.63, 3.8) is 0 Å². The van der Waals surface area contributed by atoms with Gasteiger partial charge < -0.3 is 14.7 Å². The van der Waals surface area contributed by atoms with Crippen molar-refractivity contribution in [2.75, 3.05) is 11.9 Å². The number of likely N-dealkylation sites (tertiary alicyclic amines) is 1. The average Bonchev–Trinajstić information content (AvgIpc) is 3.24. The number of benzene rings is 2. The largest absolute Gasteiger partial charge is 0.416 e. The quantitative estimate of drug-likeness (QED) is 0.541. The zero-order valence-corrected chi connectivity index (χ0v) is 16.2. The number of anilines is 1. The summed E-state index contributed by atoms with van der Waals surface area (Å²) >= 11 is 0. The maximum Gasteiger partial charge on any atom is 0.416 e. The SMILES string of the molecule is O=C(Nc1cccc(C(F)(F)F)c1)N1CCCCC1c1nc(-c2ccc(F)cc2)no1. The minimum absolute atomic E-state index is 0.0432. The van der Waals surface area contributed by atoms with E-state index in [2.05, 4.69) is 15.5 Å². The van der Waals surface area contributed by atoms with E-state index in [4.69, 9.17) is 4.52 Å². The molecule has 10 heteroatoms. The van der Waals surface area contributed by atoms with E-state index in [0.717, 1.165) is 25.0 Å². The summed E-state index contributed by atoms with van der Waals surface area (Å²) in [5.41, 5.74) is -0.241. The highest BCUT2D eigenvalue weighted by Crippen LogP contribution is 2.33. The van der Waals surface area contributed by atoms with Gasteiger partial charge in [0.05, 0.1) is 5.56 Å². The minimum Gasteiger partial charge on any atom is -0.337 e. The number of piperidine rings is 1. The Balaban J connectivity index is 1.53. The van der Waals surface area contributed by atoms with Gasteiger partial charge in [0.1, 0.15) is 11.9 Å². The number of aromatic nitrogens is 2. The van der Waals surface area contributed by atoms with Gasteiger partial charge in [0.25, 0.3) is 0 Å². The molecular weight excluding hydrogens is 416 g/mol. The number of amides is 2. The predicted molar refractivity (Wildman–Crippen MR) is 103 cm³/mol. The fraction of sp³-hybridized carbons (Fsp3) is 0.286. The molecule has 0 bridgehead atoms. The van der Waals surface area contributed by atoms with Crippen molar-refractivity contribution in [3.05, 3.63) is 65.8 Å². The summed E-state index contributed by atoms with van der Waals surface area (Å²) in [6, 6.07) is 8.98. The van der Waals surface area contributed by atoms with Crippen LogP contribution in [0.1, 0.15) is 36.8 Å². The second-order valence-electron chi connectivity index (χ2n) is 7.18. The number of hydrogen-bond donors (Lipinski definition) is 1. The van der Waals surface area contributed by atoms with Gasteiger partial charge in [0.2, 0.25) is 11.7 Å². The molecule has 1 unspecified atom stereocenters. The number of alkyl halides is 3. The zero-order chi connectivity index (χ0) is 22.0. The summed E-state index contributed by atoms with van der Waals surface area (Å²) in [6.07, 6.45) is -2.37. The van der Waals surface area contributed by atoms with Crippen molar-refractivity contribution in [3.8, 4) is 11.4 Å². The van der Waals surface area contributed by atoms with Crippen LogP contribution in [0, 0.1) is 5.82 Å². The highest BCUT2D eigenvalue weighted by Gasteiger charge is 2.33. The molecule has 1 saturated heterocycles. The number of hydrogen-bond acceptors (Lipinski definition) is 4. The first-order valence-corrected chi connectivity index (χ1v) is 9.66. The van der Waals surface area contributed by atoms with E-state index < -0.39 is 29.6 Å². The molecule has 1 fully saturated rings. The van der Waals surface area contributed by atoms with E-state index >= 15 is 0 Å². The number of carbonyl (C=O) groups is 1. The molecule has 162 valence electrons. The molecule has 1 atom stereocenters. The molecule has 2 amide bonds. The molecule has 2 heterocycles. The number of halogens is 4. The van der Waals surface area contributed by atoms with Gasteiger partial charge in [-0.25, -0.2) is 9.18 Å². The van der Waals surface area contributed by atoms with Crippen LogP contribution >= 0.6 is 0 Å². The van der Waals surface area contributed by atoms with Crippen LogP contribution in [0.5, 0.6) is 0 Å². The lowest BCUT2D eigenvalue weighted by molar-refractivity contribution is -0.137. The van der Waals surface area contributed by atoms with Crippen LogP contribution in [0.15, 0.2) is 53.1 Å². The van der Waals surface area contributed by atoms with E-state index in [1.165, 1.54) is 41.3 Å². The van der Waals surface area contributed by atoms with Crippen molar-refractivity contribution in [2.24, 2.45) is 0 Å². The van der Waals surface area contributed by atoms with Crippen molar-refractivity contribution < 1.29 is 26.9 Å². The molecule has 1 aliphatic rings. The molecule has 2 aromatic carbocycles. The molecule has 0 radical (unpaired) electrons. The van der Waals surface area contributed by atoms with Crippen molar-refractivity contribution in [2.45, 2.75) is 31.5 Å². The Morgan fingerprint density at radius 1 is 1.13 bits per heavy atom. The molecule has 3 aromatic rings. The Morgan fingerprint density at radius 3 is 2.65 bits per heavy atom. The first-order chi connectivity index (χ1) is 14.8. The topological polar surface area (TPSA) is 71.3 Å². The molecule has 1 aliphatic heterocycles. The number of nitrogens with one attached hydrogen (secondary N) is 1. The molecule has 1 N–H and O–H groups in total. The molecule has 0 saturated carbocycles. The smallest absolute Gasteiger partial charge is 0.337 e. The second-order valence-corrected chi connectivity index (χ2v) is 7.18. The lowest BCUT2D eigenvalue weighted by atomic mass is 10.0. The fourth-order valence-corrected chi connectivity index (χ4v) is 3.49. The van der Waals surface area contributed by atoms with Crippen molar-refractivity contribution in [1.82, 2.24) is 15.0 Å². The first-order valence-electron chi connectivity index (χ1n) is 9.66. The summed E-state index contributed by atoms with van der Waals surface area (Å²) in [4.78, 5) is 18.7. The van der Waals surface area contributed by atoms with Crippen molar-refractivity contribution >= 4 is 11.7 Å². The fourth-order valence-electron chi connectivity index (χ4n) is 3.49. The predicted octanol–water partition coefficient (Wildman–Crippen LogP) is 5.65. The lowest BCUT2D eigenvalue weighted by Crippen LogP contribution is -2.41. The van der Waals surface area contributed by atoms with E-state index in [1.807, 2.05) is 0 Å². The number of rotatable bonds is 3. The van der Waals surface area contributed by atoms with E-state index in [9.17, 15) is 22.4 Å². The maximum absolute atomic E-state index is 13.1. The van der Waals surface area contributed by atoms with Crippen LogP contribution in [-0.4, -0.2) is 27.6 Å². The third-order valence-corrected chi connectivity index (χ3v) is 5.03. The number of nitrogens with zero attached hydrogens (tertiary/aromatic N) is 3. The molecular formula is C21H18F4N4O2. The third kappa shape index (κ3) is 4.68. The van der Waals surface area contributed by atoms with Gasteiger partial charge in [0, 0.05) is 17.8 Å². The Bertz CT molecular complexity index is 1070. The van der Waals surface area contributed by atoms with Crippen molar-refractivity contribution in [1.29, 1.82) is 0 Å². The van der Waals surface area contributed by atoms with Gasteiger partial charge in [-0.3, -0.25) is 0 Å². The Hall–Kier alpha value is -3.43. The van der Waals surface area contributed by atoms with Gasteiger partial charge in [-0.2, -0.15) is 18.2 Å². The molecule has 4 rings (SSSR count). The Kier molecular flexibility index (Phi) is 5.62. The number of urea groups is 1. The van der Waals surface area contributed by atoms with Crippen LogP contribution in [0.2, 0.25) is 0 Å². The summed E-state index contributed by atoms with van der Waals surface area (Å²) in [5, 5.41) is 6.44. The normalized spacial score (nSPS) is 16.9. The van der Waals surface area contributed by atoms with E-state index in [-0.39, 0.29) is 17.4 Å². The molecule has 0 aliphatic carbocycles. The Labute approximate surface area is 174 Å². The second kappa shape index (κ2) is 8.37. The molecule has 0 spiro atoms. The van der Waals surface area contributed by atoms with Gasteiger partial charge >= 0.3 is 12.2 Å². The monoisotopic (exact) mass is 434 g/mol. The van der Waals surface area contributed by atoms with Crippen LogP contribution in [0.3, 0.4) is 0 Å². The highest BCUT2D eigenvalue weighted by molar-refractivity contribution is 5.89. The lowest BCUT2D eigenvalue weighted by Gasteiger charge is -2.33. The van der Waals surface area contributed by atoms with Crippen LogP contribution in [-0.2, 0) is 6.18 Å². The summed E-state index contributed by atoms with van der Waals surface area (Å²) in [7, 11) is 0. The Morgan fingerprint density at radius 2 is 1.90 bits per heavy atom. The zero-order valence-electron chi connectivity index (χ0n) is 16.2. The third-order valence-electron chi connectivity index (χ3n) is 5.03. The number of carbonyl (C=O) groups excluding carboxylic acids is 1. The first kappa shape index (κ1) is 20.8.